The molecule has 2 saturated carbocycles. The van der Waals surface area contributed by atoms with Crippen molar-refractivity contribution in [3.05, 3.63) is 28.7 Å². The molecule has 1 N–H and O–H groups in total. The lowest BCUT2D eigenvalue weighted by molar-refractivity contribution is -0.157. The van der Waals surface area contributed by atoms with E-state index in [1.54, 1.807) is 0 Å². The van der Waals surface area contributed by atoms with Crippen molar-refractivity contribution in [1.29, 1.82) is 0 Å². The van der Waals surface area contributed by atoms with Crippen LogP contribution in [0.2, 0.25) is 0 Å². The fourth-order valence-corrected chi connectivity index (χ4v) is 3.82. The first-order valence-corrected chi connectivity index (χ1v) is 7.67. The van der Waals surface area contributed by atoms with Gasteiger partial charge < -0.3 is 10.1 Å². The van der Waals surface area contributed by atoms with E-state index >= 15 is 0 Å². The molecule has 0 bridgehead atoms. The van der Waals surface area contributed by atoms with Crippen LogP contribution in [0.1, 0.15) is 32.6 Å². The molecule has 18 heavy (non-hydrogen) atoms. The molecule has 1 aromatic rings. The van der Waals surface area contributed by atoms with Crippen LogP contribution in [0.3, 0.4) is 0 Å². The molecule has 0 radical (unpaired) electrons. The highest BCUT2D eigenvalue weighted by molar-refractivity contribution is 9.10. The summed E-state index contributed by atoms with van der Waals surface area (Å²) >= 11 is 3.52. The number of nitrogens with one attached hydrogen (secondary N) is 1. The van der Waals surface area contributed by atoms with Gasteiger partial charge in [-0.3, -0.25) is 0 Å². The predicted octanol–water partition coefficient (Wildman–Crippen LogP) is 4.21. The highest BCUT2D eigenvalue weighted by Gasteiger charge is 2.58. The molecule has 2 aliphatic carbocycles. The van der Waals surface area contributed by atoms with Crippen LogP contribution in [-0.2, 0) is 4.74 Å². The Balaban J connectivity index is 1.68. The summed E-state index contributed by atoms with van der Waals surface area (Å²) in [6.07, 6.45) is 5.65. The lowest BCUT2D eigenvalue weighted by Crippen LogP contribution is -2.64. The van der Waals surface area contributed by atoms with E-state index in [1.165, 1.54) is 24.9 Å². The second-order valence-corrected chi connectivity index (χ2v) is 6.39. The molecule has 3 heteroatoms. The number of halogens is 1. The smallest absolute Gasteiger partial charge is 0.0670 e. The Kier molecular flexibility index (Phi) is 3.37. The highest BCUT2D eigenvalue weighted by atomic mass is 79.9. The van der Waals surface area contributed by atoms with Crippen LogP contribution in [0.4, 0.5) is 5.69 Å². The third-order valence-electron chi connectivity index (χ3n) is 4.60. The fraction of sp³-hybridized carbons (Fsp3) is 0.600. The van der Waals surface area contributed by atoms with Crippen LogP contribution >= 0.6 is 15.9 Å². The van der Waals surface area contributed by atoms with E-state index in [0.29, 0.717) is 17.6 Å². The van der Waals surface area contributed by atoms with Gasteiger partial charge in [-0.05, 0) is 44.4 Å². The summed E-state index contributed by atoms with van der Waals surface area (Å²) in [6, 6.07) is 9.04. The monoisotopic (exact) mass is 309 g/mol. The number of hydrogen-bond donors (Lipinski definition) is 1. The zero-order chi connectivity index (χ0) is 12.6. The van der Waals surface area contributed by atoms with Crippen molar-refractivity contribution >= 4 is 21.6 Å². The van der Waals surface area contributed by atoms with Gasteiger partial charge in [-0.2, -0.15) is 0 Å². The van der Waals surface area contributed by atoms with Gasteiger partial charge in [0.05, 0.1) is 6.10 Å². The van der Waals surface area contributed by atoms with Crippen molar-refractivity contribution in [2.24, 2.45) is 5.41 Å². The zero-order valence-electron chi connectivity index (χ0n) is 10.8. The van der Waals surface area contributed by atoms with Gasteiger partial charge in [0.1, 0.15) is 0 Å². The summed E-state index contributed by atoms with van der Waals surface area (Å²) in [6.45, 7) is 2.94. The van der Waals surface area contributed by atoms with E-state index in [4.69, 9.17) is 4.74 Å². The average molecular weight is 310 g/mol. The van der Waals surface area contributed by atoms with Gasteiger partial charge in [-0.1, -0.05) is 28.4 Å². The molecule has 0 heterocycles. The number of anilines is 1. The Labute approximate surface area is 117 Å². The van der Waals surface area contributed by atoms with Crippen LogP contribution in [0.15, 0.2) is 28.7 Å². The van der Waals surface area contributed by atoms with Crippen LogP contribution in [0.5, 0.6) is 0 Å². The van der Waals surface area contributed by atoms with Crippen LogP contribution in [0.25, 0.3) is 0 Å². The third kappa shape index (κ3) is 1.97. The van der Waals surface area contributed by atoms with Gasteiger partial charge in [0.25, 0.3) is 0 Å². The van der Waals surface area contributed by atoms with E-state index in [-0.39, 0.29) is 0 Å². The lowest BCUT2D eigenvalue weighted by atomic mass is 9.51. The summed E-state index contributed by atoms with van der Waals surface area (Å²) in [7, 11) is 0. The summed E-state index contributed by atoms with van der Waals surface area (Å²) < 4.78 is 7.01. The van der Waals surface area contributed by atoms with Crippen molar-refractivity contribution in [2.75, 3.05) is 11.9 Å². The van der Waals surface area contributed by atoms with Gasteiger partial charge in [0.15, 0.2) is 0 Å². The number of ether oxygens (including phenoxy) is 1. The lowest BCUT2D eigenvalue weighted by Gasteiger charge is -2.61. The predicted molar refractivity (Wildman–Crippen MR) is 77.9 cm³/mol. The number of hydrogen-bond acceptors (Lipinski definition) is 2. The van der Waals surface area contributed by atoms with Gasteiger partial charge in [-0.25, -0.2) is 0 Å². The van der Waals surface area contributed by atoms with Gasteiger partial charge in [-0.15, -0.1) is 0 Å². The maximum Gasteiger partial charge on any atom is 0.0670 e. The average Bonchev–Trinajstić information content (AvgIpc) is 2.25. The molecular weight excluding hydrogens is 290 g/mol. The van der Waals surface area contributed by atoms with Crippen molar-refractivity contribution in [3.8, 4) is 0 Å². The van der Waals surface area contributed by atoms with E-state index in [1.807, 2.05) is 0 Å². The van der Waals surface area contributed by atoms with Crippen molar-refractivity contribution in [1.82, 2.24) is 0 Å². The minimum absolute atomic E-state index is 0.429. The molecule has 98 valence electrons. The molecule has 3 rings (SSSR count). The SMILES string of the molecule is CCOC1CC(Nc2cccc(Br)c2)C12CCC2. The van der Waals surface area contributed by atoms with Crippen molar-refractivity contribution in [3.63, 3.8) is 0 Å². The summed E-state index contributed by atoms with van der Waals surface area (Å²) in [5, 5.41) is 3.69. The van der Waals surface area contributed by atoms with Crippen LogP contribution in [-0.4, -0.2) is 18.8 Å². The zero-order valence-corrected chi connectivity index (χ0v) is 12.4. The third-order valence-corrected chi connectivity index (χ3v) is 5.10. The second-order valence-electron chi connectivity index (χ2n) is 5.47. The largest absolute Gasteiger partial charge is 0.382 e. The Morgan fingerprint density at radius 3 is 2.89 bits per heavy atom. The highest BCUT2D eigenvalue weighted by Crippen LogP contribution is 2.58. The first-order chi connectivity index (χ1) is 8.74. The molecule has 0 saturated heterocycles. The van der Waals surface area contributed by atoms with Gasteiger partial charge in [0.2, 0.25) is 0 Å². The summed E-state index contributed by atoms with van der Waals surface area (Å²) in [4.78, 5) is 0. The van der Waals surface area contributed by atoms with Gasteiger partial charge in [0, 0.05) is 28.2 Å². The summed E-state index contributed by atoms with van der Waals surface area (Å²) in [5.41, 5.74) is 1.65. The second kappa shape index (κ2) is 4.86. The quantitative estimate of drug-likeness (QED) is 0.899. The fourth-order valence-electron chi connectivity index (χ4n) is 3.42. The number of benzene rings is 1. The first kappa shape index (κ1) is 12.5. The van der Waals surface area contributed by atoms with Gasteiger partial charge >= 0.3 is 0 Å². The maximum absolute atomic E-state index is 5.88. The Morgan fingerprint density at radius 2 is 2.28 bits per heavy atom. The van der Waals surface area contributed by atoms with Crippen molar-refractivity contribution < 1.29 is 4.74 Å². The Morgan fingerprint density at radius 1 is 1.44 bits per heavy atom. The maximum atomic E-state index is 5.88. The molecule has 2 atom stereocenters. The summed E-state index contributed by atoms with van der Waals surface area (Å²) in [5.74, 6) is 0. The minimum Gasteiger partial charge on any atom is -0.382 e. The van der Waals surface area contributed by atoms with Crippen LogP contribution < -0.4 is 5.32 Å². The molecule has 2 nitrogen and oxygen atoms in total. The molecular formula is C15H20BrNO. The molecule has 2 unspecified atom stereocenters. The van der Waals surface area contributed by atoms with Crippen molar-refractivity contribution in [2.45, 2.75) is 44.8 Å². The molecule has 0 amide bonds. The molecule has 2 aliphatic rings. The number of rotatable bonds is 4. The molecule has 1 aromatic carbocycles. The molecule has 1 spiro atoms. The standard InChI is InChI=1S/C15H20BrNO/c1-2-18-14-10-13(15(14)7-4-8-15)17-12-6-3-5-11(16)9-12/h3,5-6,9,13-14,17H,2,4,7-8,10H2,1H3. The van der Waals surface area contributed by atoms with E-state index in [0.717, 1.165) is 17.5 Å². The van der Waals surface area contributed by atoms with E-state index in [2.05, 4.69) is 52.4 Å². The van der Waals surface area contributed by atoms with E-state index < -0.39 is 0 Å². The normalized spacial score (nSPS) is 28.6. The van der Waals surface area contributed by atoms with Crippen LogP contribution in [0, 0.1) is 5.41 Å². The minimum atomic E-state index is 0.429. The molecule has 0 aliphatic heterocycles. The first-order valence-electron chi connectivity index (χ1n) is 6.88. The van der Waals surface area contributed by atoms with E-state index in [9.17, 15) is 0 Å². The molecule has 2 fully saturated rings. The molecule has 0 aromatic heterocycles. The Hall–Kier alpha value is -0.540. The Bertz CT molecular complexity index is 430. The topological polar surface area (TPSA) is 21.3 Å².